The van der Waals surface area contributed by atoms with Gasteiger partial charge in [-0.2, -0.15) is 5.26 Å². The van der Waals surface area contributed by atoms with Gasteiger partial charge in [0.25, 0.3) is 0 Å². The maximum atomic E-state index is 13.0. The molecule has 1 aromatic rings. The van der Waals surface area contributed by atoms with Gasteiger partial charge in [0, 0.05) is 25.7 Å². The van der Waals surface area contributed by atoms with E-state index in [1.165, 1.54) is 11.1 Å². The summed E-state index contributed by atoms with van der Waals surface area (Å²) in [4.78, 5) is 29.4. The molecule has 1 aromatic carbocycles. The first-order chi connectivity index (χ1) is 12.6. The molecule has 3 heterocycles. The summed E-state index contributed by atoms with van der Waals surface area (Å²) >= 11 is 0. The first-order valence-corrected chi connectivity index (χ1v) is 9.40. The summed E-state index contributed by atoms with van der Waals surface area (Å²) in [6.45, 7) is 3.92. The van der Waals surface area contributed by atoms with Gasteiger partial charge >= 0.3 is 0 Å². The predicted octanol–water partition coefficient (Wildman–Crippen LogP) is 1.41. The molecule has 1 N–H and O–H groups in total. The first kappa shape index (κ1) is 17.0. The molecule has 6 heteroatoms. The average molecular weight is 352 g/mol. The van der Waals surface area contributed by atoms with E-state index in [2.05, 4.69) is 23.5 Å². The molecule has 0 spiro atoms. The predicted molar refractivity (Wildman–Crippen MR) is 95.5 cm³/mol. The van der Waals surface area contributed by atoms with E-state index < -0.39 is 0 Å². The molecule has 2 saturated heterocycles. The Labute approximate surface area is 153 Å². The minimum atomic E-state index is -0.363. The highest BCUT2D eigenvalue weighted by Crippen LogP contribution is 2.30. The number of nitrogens with zero attached hydrogens (tertiary/aromatic N) is 3. The molecule has 136 valence electrons. The molecule has 0 unspecified atom stereocenters. The number of likely N-dealkylation sites (tertiary alicyclic amines) is 1. The standard InChI is InChI=1S/C20H24N4O2/c1-13-17(19(25)23-11-14-5-2-3-6-15(14)12-23)9-18(22-13)20(26)24-8-4-7-16(24)10-21/h2-3,5-6,13,16-18,22H,4,7-9,11-12H2,1H3/t13-,16-,17-,18-/m0/s1. The lowest BCUT2D eigenvalue weighted by Crippen LogP contribution is -2.46. The van der Waals surface area contributed by atoms with E-state index in [1.54, 1.807) is 4.90 Å². The van der Waals surface area contributed by atoms with E-state index >= 15 is 0 Å². The number of fused-ring (bicyclic) bond motifs is 1. The van der Waals surface area contributed by atoms with Crippen molar-refractivity contribution in [1.29, 1.82) is 5.26 Å². The highest BCUT2D eigenvalue weighted by atomic mass is 16.2. The van der Waals surface area contributed by atoms with Gasteiger partial charge in [0.15, 0.2) is 0 Å². The number of amides is 2. The molecule has 0 saturated carbocycles. The molecule has 6 nitrogen and oxygen atoms in total. The van der Waals surface area contributed by atoms with Crippen molar-refractivity contribution in [3.8, 4) is 6.07 Å². The number of hydrogen-bond donors (Lipinski definition) is 1. The number of hydrogen-bond acceptors (Lipinski definition) is 4. The monoisotopic (exact) mass is 352 g/mol. The van der Waals surface area contributed by atoms with Crippen molar-refractivity contribution < 1.29 is 9.59 Å². The molecule has 3 aliphatic heterocycles. The van der Waals surface area contributed by atoms with Gasteiger partial charge in [0.1, 0.15) is 6.04 Å². The Kier molecular flexibility index (Phi) is 4.41. The number of benzene rings is 1. The fourth-order valence-corrected chi connectivity index (χ4v) is 4.53. The molecule has 0 aliphatic carbocycles. The lowest BCUT2D eigenvalue weighted by molar-refractivity contribution is -0.136. The quantitative estimate of drug-likeness (QED) is 0.873. The van der Waals surface area contributed by atoms with Crippen molar-refractivity contribution in [2.45, 2.75) is 57.4 Å². The van der Waals surface area contributed by atoms with Crippen LogP contribution in [0.5, 0.6) is 0 Å². The van der Waals surface area contributed by atoms with E-state index in [1.807, 2.05) is 24.0 Å². The minimum Gasteiger partial charge on any atom is -0.334 e. The molecular weight excluding hydrogens is 328 g/mol. The van der Waals surface area contributed by atoms with Crippen molar-refractivity contribution in [3.05, 3.63) is 35.4 Å². The SMILES string of the molecule is C[C@@H]1N[C@H](C(=O)N2CCC[C@H]2C#N)C[C@@H]1C(=O)N1Cc2ccccc2C1. The van der Waals surface area contributed by atoms with Crippen LogP contribution in [0.4, 0.5) is 0 Å². The van der Waals surface area contributed by atoms with E-state index in [-0.39, 0.29) is 35.9 Å². The Morgan fingerprint density at radius 2 is 1.88 bits per heavy atom. The normalized spacial score (nSPS) is 30.3. The van der Waals surface area contributed by atoms with Crippen LogP contribution in [0, 0.1) is 17.2 Å². The molecule has 2 amide bonds. The Balaban J connectivity index is 1.42. The Hall–Kier alpha value is -2.39. The second kappa shape index (κ2) is 6.73. The van der Waals surface area contributed by atoms with E-state index in [9.17, 15) is 14.9 Å². The highest BCUT2D eigenvalue weighted by molar-refractivity contribution is 5.86. The molecule has 0 aromatic heterocycles. The second-order valence-corrected chi connectivity index (χ2v) is 7.63. The second-order valence-electron chi connectivity index (χ2n) is 7.63. The summed E-state index contributed by atoms with van der Waals surface area (Å²) in [5, 5.41) is 12.5. The summed E-state index contributed by atoms with van der Waals surface area (Å²) in [6, 6.07) is 9.65. The molecule has 4 rings (SSSR count). The van der Waals surface area contributed by atoms with Crippen LogP contribution >= 0.6 is 0 Å². The summed E-state index contributed by atoms with van der Waals surface area (Å²) in [7, 11) is 0. The van der Waals surface area contributed by atoms with Crippen LogP contribution in [0.2, 0.25) is 0 Å². The van der Waals surface area contributed by atoms with Gasteiger partial charge in [0.2, 0.25) is 11.8 Å². The summed E-state index contributed by atoms with van der Waals surface area (Å²) < 4.78 is 0. The van der Waals surface area contributed by atoms with E-state index in [0.717, 1.165) is 12.8 Å². The largest absolute Gasteiger partial charge is 0.334 e. The van der Waals surface area contributed by atoms with Gasteiger partial charge in [-0.25, -0.2) is 0 Å². The third kappa shape index (κ3) is 2.86. The summed E-state index contributed by atoms with van der Waals surface area (Å²) in [5.74, 6) is -0.0999. The Morgan fingerprint density at radius 3 is 2.54 bits per heavy atom. The topological polar surface area (TPSA) is 76.4 Å². The molecule has 4 atom stereocenters. The van der Waals surface area contributed by atoms with Crippen LogP contribution in [-0.2, 0) is 22.7 Å². The van der Waals surface area contributed by atoms with E-state index in [0.29, 0.717) is 26.1 Å². The zero-order valence-corrected chi connectivity index (χ0v) is 15.0. The number of carbonyl (C=O) groups excluding carboxylic acids is 2. The number of nitriles is 1. The third-order valence-corrected chi connectivity index (χ3v) is 6.01. The molecular formula is C20H24N4O2. The third-order valence-electron chi connectivity index (χ3n) is 6.01. The maximum Gasteiger partial charge on any atom is 0.240 e. The van der Waals surface area contributed by atoms with Crippen LogP contribution in [0.25, 0.3) is 0 Å². The first-order valence-electron chi connectivity index (χ1n) is 9.40. The molecule has 0 radical (unpaired) electrons. The highest BCUT2D eigenvalue weighted by Gasteiger charge is 2.44. The van der Waals surface area contributed by atoms with Gasteiger partial charge in [-0.15, -0.1) is 0 Å². The van der Waals surface area contributed by atoms with Crippen molar-refractivity contribution in [1.82, 2.24) is 15.1 Å². The van der Waals surface area contributed by atoms with Crippen LogP contribution in [0.3, 0.4) is 0 Å². The minimum absolute atomic E-state index is 0.0269. The zero-order valence-electron chi connectivity index (χ0n) is 15.0. The number of rotatable bonds is 2. The van der Waals surface area contributed by atoms with Crippen LogP contribution in [0.1, 0.15) is 37.3 Å². The van der Waals surface area contributed by atoms with Gasteiger partial charge in [-0.1, -0.05) is 24.3 Å². The van der Waals surface area contributed by atoms with Crippen LogP contribution < -0.4 is 5.32 Å². The van der Waals surface area contributed by atoms with Crippen molar-refractivity contribution in [2.24, 2.45) is 5.92 Å². The fourth-order valence-electron chi connectivity index (χ4n) is 4.53. The van der Waals surface area contributed by atoms with Crippen LogP contribution in [0.15, 0.2) is 24.3 Å². The Morgan fingerprint density at radius 1 is 1.19 bits per heavy atom. The van der Waals surface area contributed by atoms with Crippen molar-refractivity contribution >= 4 is 11.8 Å². The number of carbonyl (C=O) groups is 2. The number of nitrogens with one attached hydrogen (secondary N) is 1. The van der Waals surface area contributed by atoms with Crippen LogP contribution in [-0.4, -0.2) is 46.3 Å². The lowest BCUT2D eigenvalue weighted by Gasteiger charge is -2.23. The molecule has 26 heavy (non-hydrogen) atoms. The molecule has 2 fully saturated rings. The smallest absolute Gasteiger partial charge is 0.240 e. The maximum absolute atomic E-state index is 13.0. The zero-order chi connectivity index (χ0) is 18.3. The van der Waals surface area contributed by atoms with Crippen molar-refractivity contribution in [2.75, 3.05) is 6.54 Å². The molecule has 3 aliphatic rings. The van der Waals surface area contributed by atoms with E-state index in [4.69, 9.17) is 0 Å². The van der Waals surface area contributed by atoms with Gasteiger partial charge in [-0.3, -0.25) is 9.59 Å². The van der Waals surface area contributed by atoms with Crippen molar-refractivity contribution in [3.63, 3.8) is 0 Å². The van der Waals surface area contributed by atoms with Gasteiger partial charge in [0.05, 0.1) is 18.0 Å². The summed E-state index contributed by atoms with van der Waals surface area (Å²) in [6.07, 6.45) is 2.14. The Bertz CT molecular complexity index is 746. The van der Waals surface area contributed by atoms with Gasteiger partial charge in [-0.05, 0) is 37.3 Å². The fraction of sp³-hybridized carbons (Fsp3) is 0.550. The lowest BCUT2D eigenvalue weighted by atomic mass is 9.98. The summed E-state index contributed by atoms with van der Waals surface area (Å²) in [5.41, 5.74) is 2.42. The van der Waals surface area contributed by atoms with Gasteiger partial charge < -0.3 is 15.1 Å². The molecule has 0 bridgehead atoms. The average Bonchev–Trinajstić information content (AvgIpc) is 3.37.